The highest BCUT2D eigenvalue weighted by Gasteiger charge is 2.47. The number of hydrogen-bond donors (Lipinski definition) is 0. The summed E-state index contributed by atoms with van der Waals surface area (Å²) in [5, 5.41) is 0. The van der Waals surface area contributed by atoms with Crippen molar-refractivity contribution in [1.29, 1.82) is 0 Å². The second-order valence-electron chi connectivity index (χ2n) is 10.5. The number of para-hydroxylation sites is 1. The van der Waals surface area contributed by atoms with E-state index in [4.69, 9.17) is 4.74 Å². The van der Waals surface area contributed by atoms with Crippen molar-refractivity contribution in [3.8, 4) is 11.1 Å². The first kappa shape index (κ1) is 25.5. The number of halogens is 1. The number of aryl methyl sites for hydroxylation is 2. The molecule has 1 amide bonds. The van der Waals surface area contributed by atoms with E-state index in [-0.39, 0.29) is 11.9 Å². The zero-order valence-electron chi connectivity index (χ0n) is 22.0. The fourth-order valence-electron chi connectivity index (χ4n) is 5.92. The Hall–Kier alpha value is -3.18. The van der Waals surface area contributed by atoms with E-state index >= 15 is 0 Å². The molecular formula is C32H37FN2O2. The van der Waals surface area contributed by atoms with Crippen molar-refractivity contribution in [3.63, 3.8) is 0 Å². The Morgan fingerprint density at radius 3 is 2.11 bits per heavy atom. The van der Waals surface area contributed by atoms with E-state index in [0.717, 1.165) is 69.4 Å². The fraction of sp³-hybridized carbons (Fsp3) is 0.406. The first-order valence-electron chi connectivity index (χ1n) is 13.7. The van der Waals surface area contributed by atoms with Gasteiger partial charge >= 0.3 is 6.09 Å². The van der Waals surface area contributed by atoms with Crippen LogP contribution in [-0.4, -0.2) is 36.2 Å². The number of piperidine rings is 1. The quantitative estimate of drug-likeness (QED) is 0.323. The molecular weight excluding hydrogens is 463 g/mol. The molecule has 3 aromatic rings. The summed E-state index contributed by atoms with van der Waals surface area (Å²) >= 11 is 0. The third-order valence-corrected chi connectivity index (χ3v) is 7.74. The van der Waals surface area contributed by atoms with Crippen molar-refractivity contribution in [3.05, 3.63) is 89.2 Å². The van der Waals surface area contributed by atoms with E-state index in [2.05, 4.69) is 30.9 Å². The largest absolute Gasteiger partial charge is 0.441 e. The molecule has 1 spiro atoms. The molecule has 4 nitrogen and oxygen atoms in total. The number of amides is 1. The number of ether oxygens (including phenoxy) is 1. The molecule has 0 aliphatic carbocycles. The van der Waals surface area contributed by atoms with Gasteiger partial charge in [0.1, 0.15) is 11.4 Å². The average molecular weight is 501 g/mol. The summed E-state index contributed by atoms with van der Waals surface area (Å²) in [6, 6.07) is 21.5. The highest BCUT2D eigenvalue weighted by molar-refractivity contribution is 5.90. The number of benzene rings is 3. The fourth-order valence-corrected chi connectivity index (χ4v) is 5.92. The number of carbonyl (C=O) groups is 1. The van der Waals surface area contributed by atoms with Crippen molar-refractivity contribution >= 4 is 11.8 Å². The Labute approximate surface area is 220 Å². The molecule has 5 heteroatoms. The van der Waals surface area contributed by atoms with Gasteiger partial charge in [-0.3, -0.25) is 9.80 Å². The first-order valence-corrected chi connectivity index (χ1v) is 13.7. The molecule has 0 unspecified atom stereocenters. The van der Waals surface area contributed by atoms with Crippen LogP contribution in [-0.2, 0) is 24.1 Å². The maximum absolute atomic E-state index is 13.6. The normalized spacial score (nSPS) is 17.4. The highest BCUT2D eigenvalue weighted by Crippen LogP contribution is 2.37. The van der Waals surface area contributed by atoms with Gasteiger partial charge in [-0.05, 0) is 64.9 Å². The summed E-state index contributed by atoms with van der Waals surface area (Å²) in [6.45, 7) is 7.75. The molecule has 0 radical (unpaired) electrons. The molecule has 0 aromatic heterocycles. The third-order valence-electron chi connectivity index (χ3n) is 7.74. The number of anilines is 1. The number of carbonyl (C=O) groups excluding carboxylic acids is 1. The summed E-state index contributed by atoms with van der Waals surface area (Å²) in [4.78, 5) is 16.9. The maximum Gasteiger partial charge on any atom is 0.415 e. The number of hydrogen-bond acceptors (Lipinski definition) is 3. The topological polar surface area (TPSA) is 32.8 Å². The molecule has 37 heavy (non-hydrogen) atoms. The van der Waals surface area contributed by atoms with Gasteiger partial charge in [0.05, 0.1) is 6.54 Å². The number of likely N-dealkylation sites (tertiary alicyclic amines) is 1. The lowest BCUT2D eigenvalue weighted by Crippen LogP contribution is -2.46. The van der Waals surface area contributed by atoms with E-state index < -0.39 is 5.60 Å². The molecule has 0 saturated carbocycles. The van der Waals surface area contributed by atoms with Crippen LogP contribution in [0.25, 0.3) is 11.1 Å². The van der Waals surface area contributed by atoms with Crippen LogP contribution < -0.4 is 4.90 Å². The Kier molecular flexibility index (Phi) is 7.61. The molecule has 2 aliphatic rings. The van der Waals surface area contributed by atoms with Crippen molar-refractivity contribution in [2.75, 3.05) is 24.5 Å². The molecule has 0 atom stereocenters. The van der Waals surface area contributed by atoms with Crippen LogP contribution in [0, 0.1) is 5.82 Å². The molecule has 0 bridgehead atoms. The molecule has 5 rings (SSSR count). The summed E-state index contributed by atoms with van der Waals surface area (Å²) in [7, 11) is 0. The van der Waals surface area contributed by atoms with Crippen LogP contribution in [0.4, 0.5) is 14.9 Å². The molecule has 2 heterocycles. The van der Waals surface area contributed by atoms with Crippen molar-refractivity contribution < 1.29 is 13.9 Å². The number of nitrogens with zero attached hydrogens (tertiary/aromatic N) is 2. The van der Waals surface area contributed by atoms with E-state index in [1.165, 1.54) is 22.3 Å². The van der Waals surface area contributed by atoms with Gasteiger partial charge in [-0.25, -0.2) is 9.18 Å². The van der Waals surface area contributed by atoms with Crippen LogP contribution >= 0.6 is 0 Å². The van der Waals surface area contributed by atoms with E-state index in [9.17, 15) is 9.18 Å². The second kappa shape index (κ2) is 11.1. The zero-order chi connectivity index (χ0) is 25.8. The Morgan fingerprint density at radius 2 is 1.51 bits per heavy atom. The van der Waals surface area contributed by atoms with Crippen LogP contribution in [0.1, 0.15) is 56.2 Å². The van der Waals surface area contributed by atoms with Gasteiger partial charge in [-0.2, -0.15) is 0 Å². The first-order chi connectivity index (χ1) is 18.0. The van der Waals surface area contributed by atoms with Gasteiger partial charge in [-0.15, -0.1) is 0 Å². The predicted octanol–water partition coefficient (Wildman–Crippen LogP) is 7.39. The molecule has 2 fully saturated rings. The summed E-state index contributed by atoms with van der Waals surface area (Å²) in [6.07, 6.45) is 5.61. The highest BCUT2D eigenvalue weighted by atomic mass is 19.1. The summed E-state index contributed by atoms with van der Waals surface area (Å²) in [5.74, 6) is -0.197. The molecule has 3 aromatic carbocycles. The van der Waals surface area contributed by atoms with Gasteiger partial charge < -0.3 is 4.74 Å². The Morgan fingerprint density at radius 1 is 0.892 bits per heavy atom. The van der Waals surface area contributed by atoms with Crippen molar-refractivity contribution in [2.24, 2.45) is 0 Å². The molecule has 194 valence electrons. The summed E-state index contributed by atoms with van der Waals surface area (Å²) < 4.78 is 19.6. The van der Waals surface area contributed by atoms with Gasteiger partial charge in [0, 0.05) is 38.2 Å². The molecule has 2 saturated heterocycles. The monoisotopic (exact) mass is 500 g/mol. The van der Waals surface area contributed by atoms with E-state index in [1.54, 1.807) is 17.0 Å². The van der Waals surface area contributed by atoms with Gasteiger partial charge in [0.25, 0.3) is 0 Å². The lowest BCUT2D eigenvalue weighted by Gasteiger charge is -2.37. The minimum absolute atomic E-state index is 0.197. The molecule has 0 N–H and O–H groups in total. The van der Waals surface area contributed by atoms with Gasteiger partial charge in [-0.1, -0.05) is 69.2 Å². The van der Waals surface area contributed by atoms with Crippen LogP contribution in [0.15, 0.2) is 66.7 Å². The molecule has 2 aliphatic heterocycles. The SMILES string of the molecule is CCCc1cc(CN2CCC3(CC2)CN(c2ccccc2)C(=O)O3)cc(CCC)c1-c1ccc(F)cc1. The van der Waals surface area contributed by atoms with Crippen LogP contribution in [0.2, 0.25) is 0 Å². The minimum atomic E-state index is -0.392. The van der Waals surface area contributed by atoms with Crippen LogP contribution in [0.5, 0.6) is 0 Å². The number of rotatable bonds is 8. The van der Waals surface area contributed by atoms with E-state index in [0.29, 0.717) is 6.54 Å². The van der Waals surface area contributed by atoms with Gasteiger partial charge in [0.15, 0.2) is 0 Å². The maximum atomic E-state index is 13.6. The zero-order valence-corrected chi connectivity index (χ0v) is 22.0. The lowest BCUT2D eigenvalue weighted by atomic mass is 9.87. The Bertz CT molecular complexity index is 1190. The standard InChI is InChI=1S/C32H37FN2O2/c1-3-8-26-20-24(21-27(9-4-2)30(26)25-12-14-28(33)15-13-25)22-34-18-16-32(17-19-34)23-35(31(36)37-32)29-10-6-5-7-11-29/h5-7,10-15,20-21H,3-4,8-9,16-19,22-23H2,1-2H3. The minimum Gasteiger partial charge on any atom is -0.441 e. The average Bonchev–Trinajstić information content (AvgIpc) is 3.23. The van der Waals surface area contributed by atoms with Crippen LogP contribution in [0.3, 0.4) is 0 Å². The van der Waals surface area contributed by atoms with Gasteiger partial charge in [0.2, 0.25) is 0 Å². The smallest absolute Gasteiger partial charge is 0.415 e. The second-order valence-corrected chi connectivity index (χ2v) is 10.5. The predicted molar refractivity (Wildman–Crippen MR) is 147 cm³/mol. The Balaban J connectivity index is 1.31. The van der Waals surface area contributed by atoms with E-state index in [1.807, 2.05) is 42.5 Å². The lowest BCUT2D eigenvalue weighted by molar-refractivity contribution is -0.000981. The van der Waals surface area contributed by atoms with Crippen molar-refractivity contribution in [1.82, 2.24) is 4.90 Å². The summed E-state index contributed by atoms with van der Waals surface area (Å²) in [5.41, 5.74) is 6.94. The van der Waals surface area contributed by atoms with Crippen molar-refractivity contribution in [2.45, 2.75) is 64.5 Å². The third kappa shape index (κ3) is 5.57.